The Hall–Kier alpha value is -2.81. The Bertz CT molecular complexity index is 776. The molecule has 0 saturated carbocycles. The van der Waals surface area contributed by atoms with Gasteiger partial charge >= 0.3 is 0 Å². The van der Waals surface area contributed by atoms with Crippen LogP contribution in [0.2, 0.25) is 0 Å². The molecule has 26 heavy (non-hydrogen) atoms. The Morgan fingerprint density at radius 3 is 2.92 bits per heavy atom. The van der Waals surface area contributed by atoms with Crippen LogP contribution in [0, 0.1) is 0 Å². The first-order chi connectivity index (χ1) is 12.6. The normalized spacial score (nSPS) is 16.2. The van der Waals surface area contributed by atoms with E-state index in [0.29, 0.717) is 37.6 Å². The van der Waals surface area contributed by atoms with Crippen molar-refractivity contribution in [3.05, 3.63) is 42.0 Å². The van der Waals surface area contributed by atoms with E-state index in [4.69, 9.17) is 4.74 Å². The van der Waals surface area contributed by atoms with Crippen molar-refractivity contribution in [1.29, 1.82) is 0 Å². The summed E-state index contributed by atoms with van der Waals surface area (Å²) in [7, 11) is 1.59. The number of aromatic nitrogens is 4. The van der Waals surface area contributed by atoms with Gasteiger partial charge in [-0.05, 0) is 6.92 Å². The van der Waals surface area contributed by atoms with E-state index in [-0.39, 0.29) is 24.3 Å². The summed E-state index contributed by atoms with van der Waals surface area (Å²) in [5.41, 5.74) is 1.01. The fourth-order valence-electron chi connectivity index (χ4n) is 2.99. The highest BCUT2D eigenvalue weighted by molar-refractivity contribution is 5.92. The van der Waals surface area contributed by atoms with Crippen LogP contribution in [-0.4, -0.2) is 63.0 Å². The van der Waals surface area contributed by atoms with Gasteiger partial charge in [0.15, 0.2) is 0 Å². The zero-order valence-corrected chi connectivity index (χ0v) is 14.9. The maximum absolute atomic E-state index is 12.7. The molecule has 0 spiro atoms. The lowest BCUT2D eigenvalue weighted by molar-refractivity contribution is -0.120. The summed E-state index contributed by atoms with van der Waals surface area (Å²) in [5, 5.41) is 2.78. The van der Waals surface area contributed by atoms with Crippen molar-refractivity contribution in [2.75, 3.05) is 26.8 Å². The minimum absolute atomic E-state index is 0.0994. The molecule has 0 fully saturated rings. The summed E-state index contributed by atoms with van der Waals surface area (Å²) in [6.07, 6.45) is 6.59. The van der Waals surface area contributed by atoms with Gasteiger partial charge in [0, 0.05) is 45.3 Å². The Labute approximate surface area is 151 Å². The highest BCUT2D eigenvalue weighted by Crippen LogP contribution is 2.25. The predicted octanol–water partition coefficient (Wildman–Crippen LogP) is 0.195. The molecule has 2 aromatic rings. The van der Waals surface area contributed by atoms with E-state index in [1.807, 2.05) is 17.7 Å². The van der Waals surface area contributed by atoms with Crippen molar-refractivity contribution in [3.63, 3.8) is 0 Å². The Balaban J connectivity index is 1.68. The molecular weight excluding hydrogens is 336 g/mol. The number of amides is 2. The van der Waals surface area contributed by atoms with Crippen molar-refractivity contribution in [1.82, 2.24) is 29.7 Å². The van der Waals surface area contributed by atoms with Crippen LogP contribution < -0.4 is 5.32 Å². The van der Waals surface area contributed by atoms with Gasteiger partial charge < -0.3 is 19.5 Å². The smallest absolute Gasteiger partial charge is 0.274 e. The van der Waals surface area contributed by atoms with Crippen LogP contribution in [0.1, 0.15) is 35.0 Å². The fraction of sp³-hybridized carbons (Fsp3) is 0.471. The van der Waals surface area contributed by atoms with Crippen molar-refractivity contribution in [3.8, 4) is 0 Å². The van der Waals surface area contributed by atoms with Crippen molar-refractivity contribution >= 4 is 11.8 Å². The van der Waals surface area contributed by atoms with E-state index in [9.17, 15) is 9.59 Å². The number of carbonyl (C=O) groups excluding carboxylic acids is 2. The van der Waals surface area contributed by atoms with Crippen molar-refractivity contribution in [2.45, 2.75) is 25.9 Å². The van der Waals surface area contributed by atoms with Crippen LogP contribution in [0.15, 0.2) is 24.8 Å². The van der Waals surface area contributed by atoms with Crippen LogP contribution >= 0.6 is 0 Å². The van der Waals surface area contributed by atoms with Gasteiger partial charge in [-0.25, -0.2) is 9.97 Å². The number of fused-ring (bicyclic) bond motifs is 1. The molecule has 138 valence electrons. The van der Waals surface area contributed by atoms with Crippen LogP contribution in [0.3, 0.4) is 0 Å². The predicted molar refractivity (Wildman–Crippen MR) is 92.3 cm³/mol. The fourth-order valence-corrected chi connectivity index (χ4v) is 2.99. The van der Waals surface area contributed by atoms with Gasteiger partial charge in [-0.15, -0.1) is 0 Å². The number of hydrogen-bond donors (Lipinski definition) is 1. The molecule has 9 heteroatoms. The quantitative estimate of drug-likeness (QED) is 0.740. The lowest BCUT2D eigenvalue weighted by Gasteiger charge is -2.33. The molecule has 2 aromatic heterocycles. The number of hydrogen-bond acceptors (Lipinski definition) is 6. The lowest BCUT2D eigenvalue weighted by Crippen LogP contribution is -2.41. The maximum Gasteiger partial charge on any atom is 0.274 e. The molecule has 9 nitrogen and oxygen atoms in total. The first-order valence-corrected chi connectivity index (χ1v) is 8.48. The average Bonchev–Trinajstić information content (AvgIpc) is 3.06. The third-order valence-corrected chi connectivity index (χ3v) is 4.29. The first-order valence-electron chi connectivity index (χ1n) is 8.48. The van der Waals surface area contributed by atoms with E-state index >= 15 is 0 Å². The Kier molecular flexibility index (Phi) is 5.57. The van der Waals surface area contributed by atoms with Crippen LogP contribution in [-0.2, 0) is 22.5 Å². The second-order valence-corrected chi connectivity index (χ2v) is 6.07. The standard InChI is InChI=1S/C17H22N6O3/c1-12-16-21-13(9-15(24)20-5-8-26-2)11-22(16)6-7-23(12)17(25)14-10-18-3-4-19-14/h3-4,10-12H,5-9H2,1-2H3,(H,20,24). The zero-order valence-electron chi connectivity index (χ0n) is 14.9. The second-order valence-electron chi connectivity index (χ2n) is 6.07. The van der Waals surface area contributed by atoms with Gasteiger partial charge in [-0.3, -0.25) is 14.6 Å². The van der Waals surface area contributed by atoms with Crippen molar-refractivity contribution < 1.29 is 14.3 Å². The number of imidazole rings is 1. The molecule has 1 aliphatic heterocycles. The monoisotopic (exact) mass is 358 g/mol. The van der Waals surface area contributed by atoms with E-state index in [0.717, 1.165) is 5.82 Å². The molecule has 1 N–H and O–H groups in total. The first kappa shape index (κ1) is 18.0. The molecule has 0 saturated heterocycles. The molecule has 0 aromatic carbocycles. The van der Waals surface area contributed by atoms with E-state index in [2.05, 4.69) is 20.3 Å². The van der Waals surface area contributed by atoms with Crippen LogP contribution in [0.5, 0.6) is 0 Å². The molecular formula is C17H22N6O3. The Morgan fingerprint density at radius 2 is 2.19 bits per heavy atom. The number of nitrogens with zero attached hydrogens (tertiary/aromatic N) is 5. The van der Waals surface area contributed by atoms with Crippen LogP contribution in [0.4, 0.5) is 0 Å². The van der Waals surface area contributed by atoms with Gasteiger partial charge in [0.25, 0.3) is 5.91 Å². The van der Waals surface area contributed by atoms with Crippen molar-refractivity contribution in [2.24, 2.45) is 0 Å². The van der Waals surface area contributed by atoms with E-state index in [1.54, 1.807) is 12.0 Å². The molecule has 1 atom stereocenters. The largest absolute Gasteiger partial charge is 0.383 e. The molecule has 0 aliphatic carbocycles. The van der Waals surface area contributed by atoms with Crippen LogP contribution in [0.25, 0.3) is 0 Å². The third kappa shape index (κ3) is 3.88. The molecule has 0 bridgehead atoms. The summed E-state index contributed by atoms with van der Waals surface area (Å²) < 4.78 is 6.91. The Morgan fingerprint density at radius 1 is 1.35 bits per heavy atom. The van der Waals surface area contributed by atoms with Gasteiger partial charge in [0.2, 0.25) is 5.91 Å². The van der Waals surface area contributed by atoms with E-state index in [1.165, 1.54) is 18.6 Å². The SMILES string of the molecule is COCCNC(=O)Cc1cn2c(n1)C(C)N(C(=O)c1cnccn1)CC2. The number of rotatable bonds is 6. The summed E-state index contributed by atoms with van der Waals surface area (Å²) in [6.45, 7) is 4.06. The molecule has 2 amide bonds. The lowest BCUT2D eigenvalue weighted by atomic mass is 10.2. The number of carbonyl (C=O) groups is 2. The van der Waals surface area contributed by atoms with E-state index < -0.39 is 0 Å². The van der Waals surface area contributed by atoms with Gasteiger partial charge in [-0.1, -0.05) is 0 Å². The molecule has 0 radical (unpaired) electrons. The average molecular weight is 358 g/mol. The summed E-state index contributed by atoms with van der Waals surface area (Å²) >= 11 is 0. The molecule has 1 aliphatic rings. The number of nitrogens with one attached hydrogen (secondary N) is 1. The minimum atomic E-state index is -0.205. The molecule has 3 heterocycles. The summed E-state index contributed by atoms with van der Waals surface area (Å²) in [5.74, 6) is 0.504. The van der Waals surface area contributed by atoms with Gasteiger partial charge in [0.1, 0.15) is 11.5 Å². The minimum Gasteiger partial charge on any atom is -0.383 e. The zero-order chi connectivity index (χ0) is 18.5. The molecule has 3 rings (SSSR count). The number of ether oxygens (including phenoxy) is 1. The highest BCUT2D eigenvalue weighted by atomic mass is 16.5. The summed E-state index contributed by atoms with van der Waals surface area (Å²) in [6, 6.07) is -0.205. The number of methoxy groups -OCH3 is 1. The second kappa shape index (κ2) is 8.05. The highest BCUT2D eigenvalue weighted by Gasteiger charge is 2.31. The molecule has 1 unspecified atom stereocenters. The third-order valence-electron chi connectivity index (χ3n) is 4.29. The summed E-state index contributed by atoms with van der Waals surface area (Å²) in [4.78, 5) is 38.9. The van der Waals surface area contributed by atoms with Gasteiger partial charge in [-0.2, -0.15) is 0 Å². The topological polar surface area (TPSA) is 102 Å². The maximum atomic E-state index is 12.7. The van der Waals surface area contributed by atoms with Gasteiger partial charge in [0.05, 0.1) is 31.0 Å².